The van der Waals surface area contributed by atoms with E-state index in [1.807, 2.05) is 53.6 Å². The Labute approximate surface area is 236 Å². The summed E-state index contributed by atoms with van der Waals surface area (Å²) < 4.78 is 12.5. The molecule has 1 atom stereocenters. The van der Waals surface area contributed by atoms with Crippen molar-refractivity contribution in [1.82, 2.24) is 14.4 Å². The molecule has 2 aromatic heterocycles. The molecule has 0 saturated carbocycles. The van der Waals surface area contributed by atoms with Crippen LogP contribution in [0.4, 0.5) is 10.5 Å². The minimum atomic E-state index is -0.399. The van der Waals surface area contributed by atoms with Gasteiger partial charge in [0.1, 0.15) is 16.3 Å². The summed E-state index contributed by atoms with van der Waals surface area (Å²) in [6.45, 7) is 5.80. The molecule has 1 aliphatic rings. The number of rotatable bonds is 7. The maximum absolute atomic E-state index is 13.8. The largest absolute Gasteiger partial charge is 0.497 e. The van der Waals surface area contributed by atoms with E-state index in [-0.39, 0.29) is 18.0 Å². The van der Waals surface area contributed by atoms with Gasteiger partial charge in [-0.15, -0.1) is 11.3 Å². The fourth-order valence-electron chi connectivity index (χ4n) is 4.97. The van der Waals surface area contributed by atoms with Crippen LogP contribution in [0.2, 0.25) is 0 Å². The van der Waals surface area contributed by atoms with Crippen LogP contribution in [0.3, 0.4) is 0 Å². The molecule has 4 aromatic rings. The number of esters is 1. The van der Waals surface area contributed by atoms with Gasteiger partial charge in [0.05, 0.1) is 19.3 Å². The molecule has 10 heteroatoms. The topological polar surface area (TPSA) is 93.1 Å². The molecule has 3 amide bonds. The van der Waals surface area contributed by atoms with Crippen molar-refractivity contribution in [3.8, 4) is 5.75 Å². The van der Waals surface area contributed by atoms with E-state index in [4.69, 9.17) is 9.47 Å². The van der Waals surface area contributed by atoms with Gasteiger partial charge in [0.25, 0.3) is 5.91 Å². The highest BCUT2D eigenvalue weighted by atomic mass is 32.1. The number of methoxy groups -OCH3 is 1. The molecule has 1 unspecified atom stereocenters. The van der Waals surface area contributed by atoms with Gasteiger partial charge in [-0.25, -0.2) is 9.59 Å². The van der Waals surface area contributed by atoms with E-state index in [1.54, 1.807) is 54.5 Å². The summed E-state index contributed by atoms with van der Waals surface area (Å²) in [4.78, 5) is 43.3. The Morgan fingerprint density at radius 2 is 1.85 bits per heavy atom. The van der Waals surface area contributed by atoms with Crippen molar-refractivity contribution in [2.45, 2.75) is 26.4 Å². The molecule has 1 N–H and O–H groups in total. The summed E-state index contributed by atoms with van der Waals surface area (Å²) in [7, 11) is 1.64. The van der Waals surface area contributed by atoms with Gasteiger partial charge < -0.3 is 29.2 Å². The molecule has 0 radical (unpaired) electrons. The molecular weight excluding hydrogens is 528 g/mol. The zero-order valence-electron chi connectivity index (χ0n) is 22.8. The summed E-state index contributed by atoms with van der Waals surface area (Å²) in [5.74, 6) is 0.329. The number of amides is 3. The van der Waals surface area contributed by atoms with Gasteiger partial charge in [0.15, 0.2) is 0 Å². The van der Waals surface area contributed by atoms with E-state index in [9.17, 15) is 14.4 Å². The SMILES string of the molecule is CCOC(=O)c1ccc(NC(=O)N2CCN(C(=O)c3cc4ccsc4n3Cc3cccc(OC)c3)CC2C)cc1. The number of piperazine rings is 1. The van der Waals surface area contributed by atoms with E-state index >= 15 is 0 Å². The molecule has 2 aromatic carbocycles. The maximum Gasteiger partial charge on any atom is 0.338 e. The van der Waals surface area contributed by atoms with Crippen molar-refractivity contribution < 1.29 is 23.9 Å². The fourth-order valence-corrected chi connectivity index (χ4v) is 5.86. The van der Waals surface area contributed by atoms with Gasteiger partial charge >= 0.3 is 12.0 Å². The molecular formula is C30H32N4O5S. The lowest BCUT2D eigenvalue weighted by atomic mass is 10.1. The Bertz CT molecular complexity index is 1530. The molecule has 1 fully saturated rings. The first-order chi connectivity index (χ1) is 19.4. The molecule has 208 valence electrons. The van der Waals surface area contributed by atoms with Crippen LogP contribution in [0.1, 0.15) is 40.3 Å². The summed E-state index contributed by atoms with van der Waals surface area (Å²) in [5.41, 5.74) is 2.69. The molecule has 9 nitrogen and oxygen atoms in total. The Balaban J connectivity index is 1.26. The number of ether oxygens (including phenoxy) is 2. The number of carbonyl (C=O) groups is 3. The van der Waals surface area contributed by atoms with Crippen LogP contribution in [-0.2, 0) is 11.3 Å². The predicted molar refractivity (Wildman–Crippen MR) is 155 cm³/mol. The monoisotopic (exact) mass is 560 g/mol. The van der Waals surface area contributed by atoms with Crippen LogP contribution in [0.5, 0.6) is 5.75 Å². The molecule has 3 heterocycles. The number of nitrogens with one attached hydrogen (secondary N) is 1. The molecule has 1 aliphatic heterocycles. The quantitative estimate of drug-likeness (QED) is 0.309. The number of nitrogens with zero attached hydrogens (tertiary/aromatic N) is 3. The minimum Gasteiger partial charge on any atom is -0.497 e. The highest BCUT2D eigenvalue weighted by molar-refractivity contribution is 7.16. The van der Waals surface area contributed by atoms with Crippen molar-refractivity contribution >= 4 is 45.1 Å². The van der Waals surface area contributed by atoms with Crippen LogP contribution in [0.25, 0.3) is 10.2 Å². The van der Waals surface area contributed by atoms with Gasteiger partial charge in [0.2, 0.25) is 0 Å². The van der Waals surface area contributed by atoms with E-state index in [1.165, 1.54) is 0 Å². The Hall–Kier alpha value is -4.31. The number of fused-ring (bicyclic) bond motifs is 1. The third-order valence-corrected chi connectivity index (χ3v) is 7.97. The van der Waals surface area contributed by atoms with Crippen LogP contribution in [0, 0.1) is 0 Å². The highest BCUT2D eigenvalue weighted by Crippen LogP contribution is 2.28. The van der Waals surface area contributed by atoms with E-state index < -0.39 is 5.97 Å². The second-order valence-electron chi connectivity index (χ2n) is 9.67. The van der Waals surface area contributed by atoms with E-state index in [0.717, 1.165) is 21.5 Å². The average molecular weight is 561 g/mol. The van der Waals surface area contributed by atoms with Gasteiger partial charge in [-0.3, -0.25) is 4.79 Å². The van der Waals surface area contributed by atoms with Gasteiger partial charge in [-0.2, -0.15) is 0 Å². The number of aromatic nitrogens is 1. The van der Waals surface area contributed by atoms with E-state index in [2.05, 4.69) is 9.88 Å². The Morgan fingerprint density at radius 3 is 2.58 bits per heavy atom. The maximum atomic E-state index is 13.8. The zero-order chi connectivity index (χ0) is 28.2. The van der Waals surface area contributed by atoms with Gasteiger partial charge in [0, 0.05) is 43.3 Å². The van der Waals surface area contributed by atoms with Crippen LogP contribution in [0.15, 0.2) is 66.0 Å². The molecule has 40 heavy (non-hydrogen) atoms. The molecule has 5 rings (SSSR count). The van der Waals surface area contributed by atoms with Crippen molar-refractivity contribution in [1.29, 1.82) is 0 Å². The number of benzene rings is 2. The first kappa shape index (κ1) is 27.3. The number of anilines is 1. The fraction of sp³-hybridized carbons (Fsp3) is 0.300. The van der Waals surface area contributed by atoms with Crippen molar-refractivity contribution in [2.24, 2.45) is 0 Å². The van der Waals surface area contributed by atoms with Crippen molar-refractivity contribution in [3.05, 3.63) is 82.9 Å². The standard InChI is InChI=1S/C30H32N4O5S/c1-4-39-29(36)22-8-10-24(11-9-22)31-30(37)33-14-13-32(18-20(33)2)27(35)26-17-23-12-15-40-28(23)34(26)19-21-6-5-7-25(16-21)38-3/h5-12,15-17,20H,4,13-14,18-19H2,1-3H3,(H,31,37). The Morgan fingerprint density at radius 1 is 1.05 bits per heavy atom. The zero-order valence-corrected chi connectivity index (χ0v) is 23.6. The minimum absolute atomic E-state index is 0.0484. The van der Waals surface area contributed by atoms with Crippen molar-refractivity contribution in [2.75, 3.05) is 38.7 Å². The first-order valence-corrected chi connectivity index (χ1v) is 14.1. The van der Waals surface area contributed by atoms with Crippen LogP contribution in [-0.4, -0.2) is 71.7 Å². The lowest BCUT2D eigenvalue weighted by Gasteiger charge is -2.39. The third-order valence-electron chi connectivity index (χ3n) is 7.02. The number of thiophene rings is 1. The summed E-state index contributed by atoms with van der Waals surface area (Å²) in [6.07, 6.45) is 0. The lowest BCUT2D eigenvalue weighted by molar-refractivity contribution is 0.0525. The average Bonchev–Trinajstić information content (AvgIpc) is 3.56. The van der Waals surface area contributed by atoms with Gasteiger partial charge in [-0.05, 0) is 73.3 Å². The smallest absolute Gasteiger partial charge is 0.338 e. The number of carbonyl (C=O) groups excluding carboxylic acids is 3. The molecule has 0 spiro atoms. The summed E-state index contributed by atoms with van der Waals surface area (Å²) in [5, 5.41) is 5.97. The number of urea groups is 1. The molecule has 0 bridgehead atoms. The Kier molecular flexibility index (Phi) is 8.06. The van der Waals surface area contributed by atoms with Crippen molar-refractivity contribution in [3.63, 3.8) is 0 Å². The summed E-state index contributed by atoms with van der Waals surface area (Å²) in [6, 6.07) is 18.0. The van der Waals surface area contributed by atoms with Crippen LogP contribution >= 0.6 is 11.3 Å². The predicted octanol–water partition coefficient (Wildman–Crippen LogP) is 5.31. The third kappa shape index (κ3) is 5.67. The molecule has 0 aliphatic carbocycles. The number of hydrogen-bond donors (Lipinski definition) is 1. The summed E-state index contributed by atoms with van der Waals surface area (Å²) >= 11 is 1.61. The first-order valence-electron chi connectivity index (χ1n) is 13.2. The highest BCUT2D eigenvalue weighted by Gasteiger charge is 2.32. The second-order valence-corrected chi connectivity index (χ2v) is 10.6. The van der Waals surface area contributed by atoms with Gasteiger partial charge in [-0.1, -0.05) is 12.1 Å². The van der Waals surface area contributed by atoms with E-state index in [0.29, 0.717) is 49.7 Å². The lowest BCUT2D eigenvalue weighted by Crippen LogP contribution is -2.56. The molecule has 1 saturated heterocycles. The number of hydrogen-bond acceptors (Lipinski definition) is 6. The second kappa shape index (κ2) is 11.8. The van der Waals surface area contributed by atoms with Crippen LogP contribution < -0.4 is 10.1 Å². The normalized spacial score (nSPS) is 15.2.